The van der Waals surface area contributed by atoms with Gasteiger partial charge in [-0.1, -0.05) is 12.1 Å². The Morgan fingerprint density at radius 2 is 2.26 bits per heavy atom. The van der Waals surface area contributed by atoms with E-state index in [0.717, 1.165) is 45.0 Å². The number of morpholine rings is 1. The first-order valence-electron chi connectivity index (χ1n) is 8.30. The fraction of sp³-hybridized carbons (Fsp3) is 0.500. The van der Waals surface area contributed by atoms with Crippen LogP contribution in [0.1, 0.15) is 17.7 Å². The third-order valence-electron chi connectivity index (χ3n) is 4.79. The summed E-state index contributed by atoms with van der Waals surface area (Å²) in [6.45, 7) is 3.67. The van der Waals surface area contributed by atoms with Crippen LogP contribution in [-0.2, 0) is 11.3 Å². The standard InChI is InChI=1S/C18H22N2O2S/c1-2-6-19-18(5-1)22-13-14-10-16-17(11-14)21-8-7-20(16)12-15-4-3-9-23-15/h1-6,9,14,16-17H,7-8,10-13H2. The van der Waals surface area contributed by atoms with Gasteiger partial charge in [0.15, 0.2) is 0 Å². The van der Waals surface area contributed by atoms with Crippen molar-refractivity contribution in [2.45, 2.75) is 31.5 Å². The van der Waals surface area contributed by atoms with Crippen LogP contribution in [0, 0.1) is 5.92 Å². The van der Waals surface area contributed by atoms with Gasteiger partial charge in [0.1, 0.15) is 0 Å². The highest BCUT2D eigenvalue weighted by atomic mass is 32.1. The summed E-state index contributed by atoms with van der Waals surface area (Å²) in [5.74, 6) is 1.27. The molecule has 4 nitrogen and oxygen atoms in total. The first-order valence-corrected chi connectivity index (χ1v) is 9.18. The summed E-state index contributed by atoms with van der Waals surface area (Å²) in [4.78, 5) is 8.27. The summed E-state index contributed by atoms with van der Waals surface area (Å²) in [7, 11) is 0. The topological polar surface area (TPSA) is 34.6 Å². The Kier molecular flexibility index (Phi) is 4.60. The van der Waals surface area contributed by atoms with Crippen LogP contribution in [0.5, 0.6) is 5.88 Å². The van der Waals surface area contributed by atoms with Crippen molar-refractivity contribution in [3.63, 3.8) is 0 Å². The highest BCUT2D eigenvalue weighted by Gasteiger charge is 2.41. The molecule has 1 saturated heterocycles. The molecule has 0 N–H and O–H groups in total. The van der Waals surface area contributed by atoms with Gasteiger partial charge in [0, 0.05) is 36.3 Å². The quantitative estimate of drug-likeness (QED) is 0.843. The van der Waals surface area contributed by atoms with Crippen molar-refractivity contribution < 1.29 is 9.47 Å². The fourth-order valence-corrected chi connectivity index (χ4v) is 4.43. The average molecular weight is 330 g/mol. The second-order valence-corrected chi connectivity index (χ2v) is 7.38. The molecule has 1 aliphatic heterocycles. The minimum absolute atomic E-state index is 0.362. The smallest absolute Gasteiger partial charge is 0.213 e. The molecule has 0 spiro atoms. The maximum atomic E-state index is 6.02. The molecular formula is C18H22N2O2S. The third-order valence-corrected chi connectivity index (χ3v) is 5.65. The Labute approximate surface area is 141 Å². The number of nitrogens with zero attached hydrogens (tertiary/aromatic N) is 2. The highest BCUT2D eigenvalue weighted by molar-refractivity contribution is 7.09. The van der Waals surface area contributed by atoms with Crippen molar-refractivity contribution in [3.05, 3.63) is 46.8 Å². The second-order valence-electron chi connectivity index (χ2n) is 6.34. The van der Waals surface area contributed by atoms with E-state index in [1.54, 1.807) is 6.20 Å². The first kappa shape index (κ1) is 15.1. The SMILES string of the molecule is c1ccc(OCC2CC3OCCN(Cc4cccs4)C3C2)nc1. The van der Waals surface area contributed by atoms with Gasteiger partial charge in [0.25, 0.3) is 0 Å². The summed E-state index contributed by atoms with van der Waals surface area (Å²) >= 11 is 1.84. The molecule has 0 amide bonds. The monoisotopic (exact) mass is 330 g/mol. The van der Waals surface area contributed by atoms with Crippen molar-refractivity contribution in [2.75, 3.05) is 19.8 Å². The number of fused-ring (bicyclic) bond motifs is 1. The van der Waals surface area contributed by atoms with Crippen molar-refractivity contribution in [1.29, 1.82) is 0 Å². The molecular weight excluding hydrogens is 308 g/mol. The van der Waals surface area contributed by atoms with Gasteiger partial charge in [-0.2, -0.15) is 0 Å². The van der Waals surface area contributed by atoms with E-state index >= 15 is 0 Å². The van der Waals surface area contributed by atoms with E-state index in [1.165, 1.54) is 4.88 Å². The lowest BCUT2D eigenvalue weighted by atomic mass is 10.1. The normalized spacial score (nSPS) is 27.7. The molecule has 2 fully saturated rings. The Bertz CT molecular complexity index is 605. The molecule has 4 rings (SSSR count). The molecule has 0 radical (unpaired) electrons. The zero-order valence-corrected chi connectivity index (χ0v) is 14.0. The van der Waals surface area contributed by atoms with Crippen molar-refractivity contribution in [1.82, 2.24) is 9.88 Å². The minimum atomic E-state index is 0.362. The number of thiophene rings is 1. The van der Waals surface area contributed by atoms with E-state index in [-0.39, 0.29) is 0 Å². The second kappa shape index (κ2) is 6.99. The maximum Gasteiger partial charge on any atom is 0.213 e. The van der Waals surface area contributed by atoms with Crippen molar-refractivity contribution >= 4 is 11.3 Å². The van der Waals surface area contributed by atoms with Gasteiger partial charge < -0.3 is 9.47 Å². The van der Waals surface area contributed by atoms with Crippen LogP contribution in [0.3, 0.4) is 0 Å². The van der Waals surface area contributed by atoms with Crippen LogP contribution < -0.4 is 4.74 Å². The van der Waals surface area contributed by atoms with E-state index in [0.29, 0.717) is 18.1 Å². The summed E-state index contributed by atoms with van der Waals surface area (Å²) in [6, 6.07) is 10.7. The van der Waals surface area contributed by atoms with Crippen LogP contribution in [-0.4, -0.2) is 41.8 Å². The molecule has 1 aliphatic carbocycles. The van der Waals surface area contributed by atoms with Gasteiger partial charge in [-0.25, -0.2) is 4.98 Å². The van der Waals surface area contributed by atoms with Crippen LogP contribution in [0.4, 0.5) is 0 Å². The molecule has 2 aromatic heterocycles. The number of hydrogen-bond donors (Lipinski definition) is 0. The number of ether oxygens (including phenoxy) is 2. The van der Waals surface area contributed by atoms with Crippen molar-refractivity contribution in [2.24, 2.45) is 5.92 Å². The molecule has 122 valence electrons. The predicted octanol–water partition coefficient (Wildman–Crippen LogP) is 3.20. The van der Waals surface area contributed by atoms with Gasteiger partial charge in [0.2, 0.25) is 5.88 Å². The maximum absolute atomic E-state index is 6.02. The molecule has 2 aliphatic rings. The summed E-state index contributed by atoms with van der Waals surface area (Å²) < 4.78 is 11.9. The van der Waals surface area contributed by atoms with Gasteiger partial charge in [-0.15, -0.1) is 11.3 Å². The average Bonchev–Trinajstić information content (AvgIpc) is 3.23. The minimum Gasteiger partial charge on any atom is -0.477 e. The number of rotatable bonds is 5. The van der Waals surface area contributed by atoms with E-state index < -0.39 is 0 Å². The number of hydrogen-bond acceptors (Lipinski definition) is 5. The van der Waals surface area contributed by atoms with Gasteiger partial charge in [0.05, 0.1) is 19.3 Å². The lowest BCUT2D eigenvalue weighted by molar-refractivity contribution is -0.0587. The molecule has 23 heavy (non-hydrogen) atoms. The summed E-state index contributed by atoms with van der Waals surface area (Å²) in [6.07, 6.45) is 4.39. The van der Waals surface area contributed by atoms with Crippen LogP contribution in [0.25, 0.3) is 0 Å². The van der Waals surface area contributed by atoms with E-state index in [4.69, 9.17) is 9.47 Å². The van der Waals surface area contributed by atoms with Crippen molar-refractivity contribution in [3.8, 4) is 5.88 Å². The highest BCUT2D eigenvalue weighted by Crippen LogP contribution is 2.35. The molecule has 0 bridgehead atoms. The Balaban J connectivity index is 1.35. The van der Waals surface area contributed by atoms with Gasteiger partial charge in [-0.05, 0) is 36.3 Å². The lowest BCUT2D eigenvalue weighted by Gasteiger charge is -2.37. The first-order chi connectivity index (χ1) is 11.4. The summed E-state index contributed by atoms with van der Waals surface area (Å²) in [5, 5.41) is 2.16. The van der Waals surface area contributed by atoms with Gasteiger partial charge in [-0.3, -0.25) is 4.90 Å². The van der Waals surface area contributed by atoms with Gasteiger partial charge >= 0.3 is 0 Å². The zero-order chi connectivity index (χ0) is 15.5. The molecule has 1 saturated carbocycles. The predicted molar refractivity (Wildman–Crippen MR) is 90.7 cm³/mol. The Morgan fingerprint density at radius 1 is 1.26 bits per heavy atom. The molecule has 2 aromatic rings. The Hall–Kier alpha value is -1.43. The molecule has 3 heterocycles. The fourth-order valence-electron chi connectivity index (χ4n) is 3.70. The molecule has 3 unspecified atom stereocenters. The molecule has 0 aromatic carbocycles. The van der Waals surface area contributed by atoms with E-state index in [2.05, 4.69) is 27.4 Å². The summed E-state index contributed by atoms with van der Waals surface area (Å²) in [5.41, 5.74) is 0. The zero-order valence-electron chi connectivity index (χ0n) is 13.1. The largest absolute Gasteiger partial charge is 0.477 e. The van der Waals surface area contributed by atoms with Crippen LogP contribution >= 0.6 is 11.3 Å². The Morgan fingerprint density at radius 3 is 3.09 bits per heavy atom. The number of pyridine rings is 1. The van der Waals surface area contributed by atoms with Crippen LogP contribution in [0.2, 0.25) is 0 Å². The lowest BCUT2D eigenvalue weighted by Crippen LogP contribution is -2.47. The molecule has 5 heteroatoms. The molecule has 3 atom stereocenters. The van der Waals surface area contributed by atoms with Crippen LogP contribution in [0.15, 0.2) is 41.9 Å². The number of aromatic nitrogens is 1. The van der Waals surface area contributed by atoms with E-state index in [9.17, 15) is 0 Å². The third kappa shape index (κ3) is 3.57. The van der Waals surface area contributed by atoms with E-state index in [1.807, 2.05) is 29.5 Å².